The van der Waals surface area contributed by atoms with Crippen molar-refractivity contribution in [2.75, 3.05) is 18.5 Å². The van der Waals surface area contributed by atoms with Gasteiger partial charge in [0.1, 0.15) is 5.75 Å². The van der Waals surface area contributed by atoms with Crippen molar-refractivity contribution in [2.24, 2.45) is 5.73 Å². The highest BCUT2D eigenvalue weighted by Crippen LogP contribution is 2.13. The molecule has 0 spiro atoms. The average molecular weight is 244 g/mol. The van der Waals surface area contributed by atoms with Gasteiger partial charge in [0.15, 0.2) is 0 Å². The third-order valence-electron chi connectivity index (χ3n) is 1.68. The highest BCUT2D eigenvalue weighted by Gasteiger charge is 1.95. The Labute approximate surface area is 87.2 Å². The van der Waals surface area contributed by atoms with Crippen LogP contribution >= 0.6 is 15.9 Å². The van der Waals surface area contributed by atoms with E-state index in [1.165, 1.54) is 5.56 Å². The van der Waals surface area contributed by atoms with Gasteiger partial charge in [0, 0.05) is 5.33 Å². The van der Waals surface area contributed by atoms with Crippen LogP contribution in [0.15, 0.2) is 24.3 Å². The Morgan fingerprint density at radius 1 is 1.38 bits per heavy atom. The van der Waals surface area contributed by atoms with Gasteiger partial charge in [-0.05, 0) is 30.7 Å². The zero-order valence-electron chi connectivity index (χ0n) is 7.50. The molecule has 0 bridgehead atoms. The minimum absolute atomic E-state index is 0.682. The summed E-state index contributed by atoms with van der Waals surface area (Å²) < 4.78 is 5.45. The van der Waals surface area contributed by atoms with E-state index < -0.39 is 0 Å². The Bertz CT molecular complexity index is 252. The van der Waals surface area contributed by atoms with Gasteiger partial charge in [0.2, 0.25) is 0 Å². The molecule has 0 aromatic heterocycles. The molecular formula is C10H14BrNO. The lowest BCUT2D eigenvalue weighted by molar-refractivity contribution is 0.344. The molecule has 0 heterocycles. The molecule has 0 atom stereocenters. The topological polar surface area (TPSA) is 35.2 Å². The summed E-state index contributed by atoms with van der Waals surface area (Å²) in [6, 6.07) is 8.06. The molecule has 0 radical (unpaired) electrons. The minimum Gasteiger partial charge on any atom is -0.493 e. The fourth-order valence-electron chi connectivity index (χ4n) is 1.11. The van der Waals surface area contributed by atoms with Gasteiger partial charge in [-0.1, -0.05) is 28.1 Å². The van der Waals surface area contributed by atoms with E-state index in [9.17, 15) is 0 Å². The predicted molar refractivity (Wildman–Crippen MR) is 58.5 cm³/mol. The molecule has 0 aliphatic carbocycles. The summed E-state index contributed by atoms with van der Waals surface area (Å²) in [5.41, 5.74) is 6.69. The molecule has 13 heavy (non-hydrogen) atoms. The van der Waals surface area contributed by atoms with E-state index in [1.807, 2.05) is 18.2 Å². The lowest BCUT2D eigenvalue weighted by Gasteiger charge is -2.05. The van der Waals surface area contributed by atoms with Crippen molar-refractivity contribution in [3.63, 3.8) is 0 Å². The molecule has 1 aromatic carbocycles. The van der Waals surface area contributed by atoms with Gasteiger partial charge in [0.25, 0.3) is 0 Å². The summed E-state index contributed by atoms with van der Waals surface area (Å²) in [5, 5.41) is 0.855. The summed E-state index contributed by atoms with van der Waals surface area (Å²) in [6.07, 6.45) is 0.908. The van der Waals surface area contributed by atoms with Crippen molar-refractivity contribution in [1.82, 2.24) is 0 Å². The Morgan fingerprint density at radius 2 is 2.23 bits per heavy atom. The molecule has 3 heteroatoms. The second-order valence-corrected chi connectivity index (χ2v) is 3.52. The monoisotopic (exact) mass is 243 g/mol. The first kappa shape index (κ1) is 10.5. The second-order valence-electron chi connectivity index (χ2n) is 2.72. The number of rotatable bonds is 5. The average Bonchev–Trinajstić information content (AvgIpc) is 2.16. The number of hydrogen-bond donors (Lipinski definition) is 1. The van der Waals surface area contributed by atoms with Gasteiger partial charge in [-0.25, -0.2) is 0 Å². The lowest BCUT2D eigenvalue weighted by Crippen LogP contribution is -2.03. The van der Waals surface area contributed by atoms with Crippen LogP contribution in [0.5, 0.6) is 5.75 Å². The van der Waals surface area contributed by atoms with Crippen LogP contribution in [0.2, 0.25) is 0 Å². The molecule has 0 unspecified atom stereocenters. The lowest BCUT2D eigenvalue weighted by atomic mass is 10.1. The molecule has 0 fully saturated rings. The molecule has 2 nitrogen and oxygen atoms in total. The van der Waals surface area contributed by atoms with Gasteiger partial charge >= 0.3 is 0 Å². The van der Waals surface area contributed by atoms with Gasteiger partial charge in [-0.15, -0.1) is 0 Å². The fourth-order valence-corrected chi connectivity index (χ4v) is 1.28. The third kappa shape index (κ3) is 3.79. The standard InChI is InChI=1S/C10H14BrNO/c11-5-7-13-10-3-1-2-9(8-10)4-6-12/h1-3,8H,4-7,12H2. The number of nitrogens with two attached hydrogens (primary N) is 1. The smallest absolute Gasteiger partial charge is 0.119 e. The maximum Gasteiger partial charge on any atom is 0.119 e. The van der Waals surface area contributed by atoms with E-state index >= 15 is 0 Å². The van der Waals surface area contributed by atoms with Crippen LogP contribution in [-0.2, 0) is 6.42 Å². The highest BCUT2D eigenvalue weighted by molar-refractivity contribution is 9.09. The van der Waals surface area contributed by atoms with Crippen LogP contribution in [0.3, 0.4) is 0 Å². The van der Waals surface area contributed by atoms with Crippen molar-refractivity contribution in [1.29, 1.82) is 0 Å². The number of benzene rings is 1. The summed E-state index contributed by atoms with van der Waals surface area (Å²) >= 11 is 3.31. The van der Waals surface area contributed by atoms with Crippen LogP contribution in [0.1, 0.15) is 5.56 Å². The molecule has 1 rings (SSSR count). The van der Waals surface area contributed by atoms with Gasteiger partial charge in [-0.3, -0.25) is 0 Å². The van der Waals surface area contributed by atoms with E-state index in [4.69, 9.17) is 10.5 Å². The van der Waals surface area contributed by atoms with E-state index in [-0.39, 0.29) is 0 Å². The SMILES string of the molecule is NCCc1cccc(OCCBr)c1. The number of halogens is 1. The molecule has 0 aliphatic rings. The van der Waals surface area contributed by atoms with Crippen LogP contribution in [-0.4, -0.2) is 18.5 Å². The maximum absolute atomic E-state index is 5.46. The zero-order chi connectivity index (χ0) is 9.52. The highest BCUT2D eigenvalue weighted by atomic mass is 79.9. The van der Waals surface area contributed by atoms with Gasteiger partial charge in [0.05, 0.1) is 6.61 Å². The van der Waals surface area contributed by atoms with Crippen molar-refractivity contribution < 1.29 is 4.74 Å². The first-order valence-electron chi connectivity index (χ1n) is 4.34. The predicted octanol–water partition coefficient (Wildman–Crippen LogP) is 1.96. The zero-order valence-corrected chi connectivity index (χ0v) is 9.09. The molecule has 0 saturated heterocycles. The van der Waals surface area contributed by atoms with Crippen LogP contribution < -0.4 is 10.5 Å². The van der Waals surface area contributed by atoms with Gasteiger partial charge in [-0.2, -0.15) is 0 Å². The van der Waals surface area contributed by atoms with Crippen LogP contribution in [0.4, 0.5) is 0 Å². The molecule has 0 aliphatic heterocycles. The first-order valence-corrected chi connectivity index (χ1v) is 5.46. The second kappa shape index (κ2) is 6.00. The van der Waals surface area contributed by atoms with Crippen molar-refractivity contribution in [3.05, 3.63) is 29.8 Å². The van der Waals surface area contributed by atoms with E-state index in [0.29, 0.717) is 13.2 Å². The van der Waals surface area contributed by atoms with Crippen molar-refractivity contribution >= 4 is 15.9 Å². The summed E-state index contributed by atoms with van der Waals surface area (Å²) in [5.74, 6) is 0.922. The quantitative estimate of drug-likeness (QED) is 0.803. The van der Waals surface area contributed by atoms with Crippen LogP contribution in [0.25, 0.3) is 0 Å². The molecule has 72 valence electrons. The van der Waals surface area contributed by atoms with E-state index in [2.05, 4.69) is 22.0 Å². The Balaban J connectivity index is 2.56. The number of ether oxygens (including phenoxy) is 1. The molecular weight excluding hydrogens is 230 g/mol. The van der Waals surface area contributed by atoms with E-state index in [0.717, 1.165) is 17.5 Å². The summed E-state index contributed by atoms with van der Waals surface area (Å²) in [4.78, 5) is 0. The van der Waals surface area contributed by atoms with Crippen LogP contribution in [0, 0.1) is 0 Å². The Kier molecular flexibility index (Phi) is 4.86. The molecule has 1 aromatic rings. The molecule has 2 N–H and O–H groups in total. The number of alkyl halides is 1. The first-order chi connectivity index (χ1) is 6.36. The Hall–Kier alpha value is -0.540. The fraction of sp³-hybridized carbons (Fsp3) is 0.400. The minimum atomic E-state index is 0.682. The van der Waals surface area contributed by atoms with Crippen molar-refractivity contribution in [3.8, 4) is 5.75 Å². The normalized spacial score (nSPS) is 10.0. The molecule has 0 saturated carbocycles. The van der Waals surface area contributed by atoms with Crippen molar-refractivity contribution in [2.45, 2.75) is 6.42 Å². The number of hydrogen-bond acceptors (Lipinski definition) is 2. The largest absolute Gasteiger partial charge is 0.493 e. The molecule has 0 amide bonds. The summed E-state index contributed by atoms with van der Waals surface area (Å²) in [6.45, 7) is 1.38. The van der Waals surface area contributed by atoms with Gasteiger partial charge < -0.3 is 10.5 Å². The third-order valence-corrected chi connectivity index (χ3v) is 2.00. The maximum atomic E-state index is 5.46. The summed E-state index contributed by atoms with van der Waals surface area (Å²) in [7, 11) is 0. The van der Waals surface area contributed by atoms with E-state index in [1.54, 1.807) is 0 Å². The Morgan fingerprint density at radius 3 is 2.92 bits per heavy atom.